The predicted octanol–water partition coefficient (Wildman–Crippen LogP) is 5.11. The summed E-state index contributed by atoms with van der Waals surface area (Å²) in [6.45, 7) is 10.6. The molecule has 0 N–H and O–H groups in total. The average Bonchev–Trinajstić information content (AvgIpc) is 2.64. The lowest BCUT2D eigenvalue weighted by molar-refractivity contribution is 0.206. The molecular weight excluding hydrogens is 326 g/mol. The summed E-state index contributed by atoms with van der Waals surface area (Å²) in [6, 6.07) is 6.41. The summed E-state index contributed by atoms with van der Waals surface area (Å²) in [7, 11) is 1.71. The molecule has 0 saturated carbocycles. The van der Waals surface area contributed by atoms with Crippen LogP contribution in [-0.2, 0) is 6.54 Å². The van der Waals surface area contributed by atoms with E-state index < -0.39 is 0 Å². The summed E-state index contributed by atoms with van der Waals surface area (Å²) >= 11 is 3.58. The summed E-state index contributed by atoms with van der Waals surface area (Å²) in [6.07, 6.45) is 4.01. The van der Waals surface area contributed by atoms with Crippen molar-refractivity contribution in [2.75, 3.05) is 20.2 Å². The van der Waals surface area contributed by atoms with Crippen LogP contribution in [0.2, 0.25) is 0 Å². The zero-order chi connectivity index (χ0) is 15.5. The Bertz CT molecular complexity index is 467. The highest BCUT2D eigenvalue weighted by molar-refractivity contribution is 9.10. The molecule has 118 valence electrons. The van der Waals surface area contributed by atoms with E-state index in [9.17, 15) is 0 Å². The molecule has 21 heavy (non-hydrogen) atoms. The molecule has 2 nitrogen and oxygen atoms in total. The Morgan fingerprint density at radius 2 is 2.00 bits per heavy atom. The molecule has 0 aliphatic carbocycles. The van der Waals surface area contributed by atoms with Crippen molar-refractivity contribution < 1.29 is 4.74 Å². The zero-order valence-corrected chi connectivity index (χ0v) is 15.4. The minimum absolute atomic E-state index is 0.444. The fourth-order valence-electron chi connectivity index (χ4n) is 3.25. The SMILES string of the molecule is COc1ccc(CN2CCCC(C(C)(C)C)CC2)cc1Br. The van der Waals surface area contributed by atoms with Crippen molar-refractivity contribution in [1.82, 2.24) is 4.90 Å². The summed E-state index contributed by atoms with van der Waals surface area (Å²) in [5.41, 5.74) is 1.80. The van der Waals surface area contributed by atoms with E-state index >= 15 is 0 Å². The van der Waals surface area contributed by atoms with Gasteiger partial charge in [-0.2, -0.15) is 0 Å². The lowest BCUT2D eigenvalue weighted by Gasteiger charge is -2.29. The van der Waals surface area contributed by atoms with Gasteiger partial charge >= 0.3 is 0 Å². The first-order valence-corrected chi connectivity index (χ1v) is 8.74. The van der Waals surface area contributed by atoms with Crippen molar-refractivity contribution in [2.24, 2.45) is 11.3 Å². The zero-order valence-electron chi connectivity index (χ0n) is 13.8. The van der Waals surface area contributed by atoms with Crippen LogP contribution < -0.4 is 4.74 Å². The van der Waals surface area contributed by atoms with Crippen molar-refractivity contribution in [1.29, 1.82) is 0 Å². The molecule has 1 aliphatic heterocycles. The topological polar surface area (TPSA) is 12.5 Å². The number of rotatable bonds is 3. The molecule has 0 aromatic heterocycles. The molecule has 1 aliphatic rings. The minimum atomic E-state index is 0.444. The van der Waals surface area contributed by atoms with E-state index in [4.69, 9.17) is 4.74 Å². The van der Waals surface area contributed by atoms with Crippen LogP contribution in [-0.4, -0.2) is 25.1 Å². The van der Waals surface area contributed by atoms with Crippen LogP contribution >= 0.6 is 15.9 Å². The molecule has 3 heteroatoms. The number of nitrogens with zero attached hydrogens (tertiary/aromatic N) is 1. The van der Waals surface area contributed by atoms with E-state index in [1.165, 1.54) is 37.9 Å². The molecule has 2 rings (SSSR count). The molecule has 1 saturated heterocycles. The quantitative estimate of drug-likeness (QED) is 0.748. The van der Waals surface area contributed by atoms with Crippen molar-refractivity contribution in [3.8, 4) is 5.75 Å². The van der Waals surface area contributed by atoms with Gasteiger partial charge in [-0.3, -0.25) is 4.90 Å². The van der Waals surface area contributed by atoms with Gasteiger partial charge in [-0.05, 0) is 77.3 Å². The van der Waals surface area contributed by atoms with E-state index in [-0.39, 0.29) is 0 Å². The second-order valence-corrected chi connectivity index (χ2v) is 8.09. The van der Waals surface area contributed by atoms with Gasteiger partial charge in [0.1, 0.15) is 5.75 Å². The maximum Gasteiger partial charge on any atom is 0.133 e. The number of ether oxygens (including phenoxy) is 1. The first-order chi connectivity index (χ1) is 9.90. The lowest BCUT2D eigenvalue weighted by Crippen LogP contribution is -2.26. The molecular formula is C18H28BrNO. The third-order valence-electron chi connectivity index (χ3n) is 4.67. The van der Waals surface area contributed by atoms with Crippen molar-refractivity contribution in [3.63, 3.8) is 0 Å². The first-order valence-electron chi connectivity index (χ1n) is 7.95. The minimum Gasteiger partial charge on any atom is -0.496 e. The molecule has 1 unspecified atom stereocenters. The highest BCUT2D eigenvalue weighted by atomic mass is 79.9. The molecule has 0 bridgehead atoms. The van der Waals surface area contributed by atoms with Gasteiger partial charge < -0.3 is 4.74 Å². The van der Waals surface area contributed by atoms with E-state index in [1.54, 1.807) is 7.11 Å². The van der Waals surface area contributed by atoms with E-state index in [0.717, 1.165) is 22.7 Å². The Kier molecular flexibility index (Phi) is 5.73. The Hall–Kier alpha value is -0.540. The van der Waals surface area contributed by atoms with Crippen LogP contribution in [0.15, 0.2) is 22.7 Å². The molecule has 1 aromatic rings. The van der Waals surface area contributed by atoms with Crippen molar-refractivity contribution in [2.45, 2.75) is 46.6 Å². The third-order valence-corrected chi connectivity index (χ3v) is 5.29. The number of methoxy groups -OCH3 is 1. The monoisotopic (exact) mass is 353 g/mol. The number of hydrogen-bond acceptors (Lipinski definition) is 2. The number of likely N-dealkylation sites (tertiary alicyclic amines) is 1. The molecule has 1 atom stereocenters. The molecule has 1 fully saturated rings. The standard InChI is InChI=1S/C18H28BrNO/c1-18(2,3)15-6-5-10-20(11-9-15)13-14-7-8-17(21-4)16(19)12-14/h7-8,12,15H,5-6,9-11,13H2,1-4H3. The normalized spacial score (nSPS) is 21.1. The Balaban J connectivity index is 1.96. The summed E-state index contributed by atoms with van der Waals surface area (Å²) < 4.78 is 6.35. The van der Waals surface area contributed by atoms with E-state index in [1.807, 2.05) is 0 Å². The van der Waals surface area contributed by atoms with Crippen molar-refractivity contribution >= 4 is 15.9 Å². The van der Waals surface area contributed by atoms with Gasteiger partial charge in [-0.1, -0.05) is 26.8 Å². The van der Waals surface area contributed by atoms with Crippen LogP contribution in [0, 0.1) is 11.3 Å². The molecule has 1 heterocycles. The average molecular weight is 354 g/mol. The summed E-state index contributed by atoms with van der Waals surface area (Å²) in [5, 5.41) is 0. The summed E-state index contributed by atoms with van der Waals surface area (Å²) in [4.78, 5) is 2.60. The number of halogens is 1. The van der Waals surface area contributed by atoms with Gasteiger partial charge in [0.15, 0.2) is 0 Å². The van der Waals surface area contributed by atoms with Gasteiger partial charge in [0.2, 0.25) is 0 Å². The van der Waals surface area contributed by atoms with E-state index in [2.05, 4.69) is 59.8 Å². The first kappa shape index (κ1) is 16.8. The Morgan fingerprint density at radius 1 is 1.24 bits per heavy atom. The highest BCUT2D eigenvalue weighted by Crippen LogP contribution is 2.34. The molecule has 0 amide bonds. The van der Waals surface area contributed by atoms with E-state index in [0.29, 0.717) is 5.41 Å². The second kappa shape index (κ2) is 7.15. The predicted molar refractivity (Wildman–Crippen MR) is 92.8 cm³/mol. The lowest BCUT2D eigenvalue weighted by atomic mass is 9.77. The van der Waals surface area contributed by atoms with Crippen LogP contribution in [0.4, 0.5) is 0 Å². The Labute approximate surface area is 138 Å². The van der Waals surface area contributed by atoms with Gasteiger partial charge in [0.25, 0.3) is 0 Å². The smallest absolute Gasteiger partial charge is 0.133 e. The number of benzene rings is 1. The maximum absolute atomic E-state index is 5.30. The van der Waals surface area contributed by atoms with Crippen LogP contribution in [0.3, 0.4) is 0 Å². The van der Waals surface area contributed by atoms with Crippen LogP contribution in [0.5, 0.6) is 5.75 Å². The Morgan fingerprint density at radius 3 is 2.62 bits per heavy atom. The van der Waals surface area contributed by atoms with Gasteiger partial charge in [0.05, 0.1) is 11.6 Å². The van der Waals surface area contributed by atoms with Gasteiger partial charge in [0, 0.05) is 6.54 Å². The largest absolute Gasteiger partial charge is 0.496 e. The summed E-state index contributed by atoms with van der Waals surface area (Å²) in [5.74, 6) is 1.76. The fraction of sp³-hybridized carbons (Fsp3) is 0.667. The highest BCUT2D eigenvalue weighted by Gasteiger charge is 2.26. The van der Waals surface area contributed by atoms with Crippen molar-refractivity contribution in [3.05, 3.63) is 28.2 Å². The van der Waals surface area contributed by atoms with Crippen LogP contribution in [0.25, 0.3) is 0 Å². The van der Waals surface area contributed by atoms with Gasteiger partial charge in [-0.25, -0.2) is 0 Å². The second-order valence-electron chi connectivity index (χ2n) is 7.24. The fourth-order valence-corrected chi connectivity index (χ4v) is 3.83. The maximum atomic E-state index is 5.30. The molecule has 1 aromatic carbocycles. The van der Waals surface area contributed by atoms with Crippen LogP contribution in [0.1, 0.15) is 45.6 Å². The molecule has 0 radical (unpaired) electrons. The third kappa shape index (κ3) is 4.72. The van der Waals surface area contributed by atoms with Gasteiger partial charge in [-0.15, -0.1) is 0 Å². The molecule has 0 spiro atoms. The number of hydrogen-bond donors (Lipinski definition) is 0.